The van der Waals surface area contributed by atoms with E-state index in [1.54, 1.807) is 27.7 Å². The van der Waals surface area contributed by atoms with Crippen molar-refractivity contribution >= 4 is 24.5 Å². The number of hydrazine groups is 1. The molecule has 0 spiro atoms. The highest BCUT2D eigenvalue weighted by molar-refractivity contribution is 7.72. The molecule has 0 aromatic heterocycles. The molecule has 0 unspecified atom stereocenters. The molecule has 0 saturated carbocycles. The van der Waals surface area contributed by atoms with Gasteiger partial charge in [-0.2, -0.15) is 5.10 Å². The summed E-state index contributed by atoms with van der Waals surface area (Å²) in [5.74, 6) is 5.30. The third-order valence-corrected chi connectivity index (χ3v) is 4.62. The smallest absolute Gasteiger partial charge is 0.321 e. The van der Waals surface area contributed by atoms with Crippen LogP contribution in [-0.2, 0) is 13.6 Å². The van der Waals surface area contributed by atoms with Gasteiger partial charge in [0.15, 0.2) is 0 Å². The Labute approximate surface area is 140 Å². The number of hydrogen-bond acceptors (Lipinski definition) is 8. The number of hydrazone groups is 1. The van der Waals surface area contributed by atoms with Crippen molar-refractivity contribution in [1.29, 1.82) is 0 Å². The fraction of sp³-hybridized carbons (Fsp3) is 0.462. The van der Waals surface area contributed by atoms with Gasteiger partial charge in [-0.25, -0.2) is 0 Å². The molecule has 1 rings (SSSR count). The fourth-order valence-corrected chi connectivity index (χ4v) is 3.34. The lowest BCUT2D eigenvalue weighted by atomic mass is 10.3. The van der Waals surface area contributed by atoms with Crippen molar-refractivity contribution in [2.45, 2.75) is 39.9 Å². The van der Waals surface area contributed by atoms with Crippen LogP contribution in [0.5, 0.6) is 0 Å². The van der Waals surface area contributed by atoms with Gasteiger partial charge in [0.1, 0.15) is 0 Å². The average molecular weight is 359 g/mol. The van der Waals surface area contributed by atoms with E-state index in [9.17, 15) is 14.7 Å². The lowest BCUT2D eigenvalue weighted by molar-refractivity contribution is -0.384. The number of hydrogen-bond donors (Lipinski definition) is 3. The third kappa shape index (κ3) is 5.80. The van der Waals surface area contributed by atoms with Gasteiger partial charge in [-0.15, -0.1) is 0 Å². The zero-order valence-corrected chi connectivity index (χ0v) is 14.8. The first-order valence-corrected chi connectivity index (χ1v) is 8.74. The standard InChI is InChI=1S/C13H22N5O5P/c1-9(2)22-24(21,23-10(3)4)13(15-14)17-16-11-5-7-12(8-6-11)18(19)20/h5-10,16H,14H2,1-4H3,(H,15,17). The molecular weight excluding hydrogens is 337 g/mol. The molecule has 1 aromatic carbocycles. The van der Waals surface area contributed by atoms with Gasteiger partial charge < -0.3 is 14.9 Å². The number of amidine groups is 1. The summed E-state index contributed by atoms with van der Waals surface area (Å²) in [5, 5.41) is 14.1. The second-order valence-corrected chi connectivity index (χ2v) is 7.15. The van der Waals surface area contributed by atoms with Crippen LogP contribution in [0.4, 0.5) is 11.4 Å². The molecule has 0 radical (unpaired) electrons. The van der Waals surface area contributed by atoms with Crippen LogP contribution in [0.1, 0.15) is 27.7 Å². The molecule has 0 atom stereocenters. The van der Waals surface area contributed by atoms with Gasteiger partial charge in [0.25, 0.3) is 11.3 Å². The summed E-state index contributed by atoms with van der Waals surface area (Å²) in [6.07, 6.45) is -0.764. The van der Waals surface area contributed by atoms with E-state index in [0.29, 0.717) is 5.69 Å². The Bertz CT molecular complexity index is 618. The highest BCUT2D eigenvalue weighted by Crippen LogP contribution is 2.51. The van der Waals surface area contributed by atoms with Crippen LogP contribution in [0.25, 0.3) is 0 Å². The number of non-ortho nitro benzene ring substituents is 1. The van der Waals surface area contributed by atoms with Crippen molar-refractivity contribution in [1.82, 2.24) is 5.43 Å². The molecule has 1 aromatic rings. The Balaban J connectivity index is 2.87. The Kier molecular flexibility index (Phi) is 7.15. The minimum absolute atomic E-state index is 0.0507. The Morgan fingerprint density at radius 1 is 1.21 bits per heavy atom. The first-order valence-electron chi connectivity index (χ1n) is 7.19. The Hall–Kier alpha value is -2.16. The molecule has 11 heteroatoms. The number of benzene rings is 1. The van der Waals surface area contributed by atoms with Crippen LogP contribution < -0.4 is 16.7 Å². The van der Waals surface area contributed by atoms with E-state index in [2.05, 4.69) is 16.0 Å². The molecule has 0 saturated heterocycles. The van der Waals surface area contributed by atoms with E-state index in [1.807, 2.05) is 0 Å². The molecule has 24 heavy (non-hydrogen) atoms. The second kappa shape index (κ2) is 8.62. The van der Waals surface area contributed by atoms with Gasteiger partial charge >= 0.3 is 7.60 Å². The largest absolute Gasteiger partial charge is 0.400 e. The minimum Gasteiger partial charge on any atom is -0.321 e. The average Bonchev–Trinajstić information content (AvgIpc) is 2.46. The number of nitro groups is 1. The van der Waals surface area contributed by atoms with Crippen molar-refractivity contribution < 1.29 is 18.5 Å². The molecule has 0 aliphatic rings. The number of nitrogens with two attached hydrogens (primary N) is 1. The van der Waals surface area contributed by atoms with Crippen LogP contribution in [0.3, 0.4) is 0 Å². The summed E-state index contributed by atoms with van der Waals surface area (Å²) in [4.78, 5) is 10.1. The van der Waals surface area contributed by atoms with E-state index in [-0.39, 0.29) is 23.5 Å². The molecule has 0 fully saturated rings. The maximum absolute atomic E-state index is 12.9. The van der Waals surface area contributed by atoms with Gasteiger partial charge in [-0.05, 0) is 39.8 Å². The normalized spacial score (nSPS) is 12.5. The van der Waals surface area contributed by atoms with E-state index >= 15 is 0 Å². The predicted molar refractivity (Wildman–Crippen MR) is 91.5 cm³/mol. The molecule has 0 aliphatic heterocycles. The summed E-state index contributed by atoms with van der Waals surface area (Å²) in [5.41, 5.74) is 5.49. The quantitative estimate of drug-likeness (QED) is 0.161. The molecule has 0 heterocycles. The number of anilines is 1. The van der Waals surface area contributed by atoms with Gasteiger partial charge in [0.05, 0.1) is 22.8 Å². The second-order valence-electron chi connectivity index (χ2n) is 5.31. The van der Waals surface area contributed by atoms with Gasteiger partial charge in [-0.3, -0.25) is 25.5 Å². The summed E-state index contributed by atoms with van der Waals surface area (Å²) in [6.45, 7) is 6.81. The lowest BCUT2D eigenvalue weighted by Gasteiger charge is -2.24. The molecule has 10 nitrogen and oxygen atoms in total. The first kappa shape index (κ1) is 19.9. The van der Waals surface area contributed by atoms with Crippen LogP contribution >= 0.6 is 7.60 Å². The molecule has 4 N–H and O–H groups in total. The zero-order valence-electron chi connectivity index (χ0n) is 13.9. The van der Waals surface area contributed by atoms with Gasteiger partial charge in [0, 0.05) is 12.1 Å². The number of rotatable bonds is 8. The molecule has 0 amide bonds. The number of nitro benzene ring substituents is 1. The topological polar surface area (TPSA) is 141 Å². The van der Waals surface area contributed by atoms with E-state index in [1.165, 1.54) is 24.3 Å². The maximum atomic E-state index is 12.9. The van der Waals surface area contributed by atoms with Crippen molar-refractivity contribution in [3.05, 3.63) is 34.4 Å². The van der Waals surface area contributed by atoms with Crippen molar-refractivity contribution in [2.75, 3.05) is 5.43 Å². The van der Waals surface area contributed by atoms with Crippen LogP contribution in [0, 0.1) is 10.1 Å². The molecule has 134 valence electrons. The third-order valence-electron chi connectivity index (χ3n) is 2.48. The minimum atomic E-state index is -3.76. The summed E-state index contributed by atoms with van der Waals surface area (Å²) >= 11 is 0. The maximum Gasteiger partial charge on any atom is 0.400 e. The van der Waals surface area contributed by atoms with Gasteiger partial charge in [0.2, 0.25) is 0 Å². The van der Waals surface area contributed by atoms with Crippen LogP contribution in [0.2, 0.25) is 0 Å². The fourth-order valence-electron chi connectivity index (χ4n) is 1.65. The van der Waals surface area contributed by atoms with E-state index in [0.717, 1.165) is 0 Å². The SMILES string of the molecule is CC(C)OP(=O)(OC(C)C)/C(=N/N)NNc1ccc([N+](=O)[O-])cc1. The first-order chi connectivity index (χ1) is 11.2. The molecular formula is C13H22N5O5P. The highest BCUT2D eigenvalue weighted by Gasteiger charge is 2.35. The number of nitrogens with zero attached hydrogens (tertiary/aromatic N) is 2. The number of nitrogens with one attached hydrogen (secondary N) is 2. The van der Waals surface area contributed by atoms with Crippen molar-refractivity contribution in [3.63, 3.8) is 0 Å². The summed E-state index contributed by atoms with van der Waals surface area (Å²) in [7, 11) is -3.76. The van der Waals surface area contributed by atoms with Crippen molar-refractivity contribution in [2.24, 2.45) is 10.9 Å². The van der Waals surface area contributed by atoms with E-state index < -0.39 is 12.5 Å². The molecule has 0 bridgehead atoms. The Morgan fingerprint density at radius 3 is 2.08 bits per heavy atom. The Morgan fingerprint density at radius 2 is 1.71 bits per heavy atom. The van der Waals surface area contributed by atoms with Crippen molar-refractivity contribution in [3.8, 4) is 0 Å². The van der Waals surface area contributed by atoms with E-state index in [4.69, 9.17) is 14.9 Å². The summed E-state index contributed by atoms with van der Waals surface area (Å²) < 4.78 is 23.6. The van der Waals surface area contributed by atoms with Crippen LogP contribution in [-0.4, -0.2) is 22.7 Å². The monoisotopic (exact) mass is 359 g/mol. The predicted octanol–water partition coefficient (Wildman–Crippen LogP) is 2.78. The van der Waals surface area contributed by atoms with Crippen LogP contribution in [0.15, 0.2) is 29.4 Å². The summed E-state index contributed by atoms with van der Waals surface area (Å²) in [6, 6.07) is 5.57. The van der Waals surface area contributed by atoms with Gasteiger partial charge in [-0.1, -0.05) is 0 Å². The molecule has 0 aliphatic carbocycles. The highest BCUT2D eigenvalue weighted by atomic mass is 31.2. The lowest BCUT2D eigenvalue weighted by Crippen LogP contribution is -2.33. The zero-order chi connectivity index (χ0) is 18.3.